The molecule has 0 aliphatic carbocycles. The summed E-state index contributed by atoms with van der Waals surface area (Å²) < 4.78 is 11.9. The Kier molecular flexibility index (Phi) is 5.27. The summed E-state index contributed by atoms with van der Waals surface area (Å²) in [6, 6.07) is 22.2. The number of methoxy groups -OCH3 is 1. The van der Waals surface area contributed by atoms with Crippen LogP contribution in [0.25, 0.3) is 11.1 Å². The minimum atomic E-state index is -0.162. The number of amides is 1. The molecule has 2 bridgehead atoms. The highest BCUT2D eigenvalue weighted by Crippen LogP contribution is 2.55. The number of nitrogen functional groups attached to an aromatic ring is 1. The van der Waals surface area contributed by atoms with Gasteiger partial charge in [0.25, 0.3) is 5.91 Å². The number of nitrogens with zero attached hydrogens (tertiary/aromatic N) is 1. The largest absolute Gasteiger partial charge is 0.496 e. The number of rotatable bonds is 5. The van der Waals surface area contributed by atoms with Crippen LogP contribution < -0.4 is 15.8 Å². The SMILES string of the molecule is COc1ccccc1-c1ccc2c(c1)C1OC2c2cc(C(=O)NCc3c(C)cc(N)nc3C)ccc21. The van der Waals surface area contributed by atoms with Crippen molar-refractivity contribution in [3.8, 4) is 16.9 Å². The smallest absolute Gasteiger partial charge is 0.251 e. The number of carbonyl (C=O) groups excluding carboxylic acids is 1. The number of pyridine rings is 1. The zero-order valence-electron chi connectivity index (χ0n) is 20.5. The standard InChI is InChI=1S/C30H27N3O3/c1-16-12-27(31)33-17(2)25(16)15-32-30(34)19-9-11-22-24(14-19)29-21-10-8-18(13-23(21)28(22)36-29)20-6-4-5-7-26(20)35-3/h4-14,28-29H,15H2,1-3H3,(H2,31,33)(H,32,34). The van der Waals surface area contributed by atoms with Crippen LogP contribution in [0.5, 0.6) is 5.75 Å². The maximum absolute atomic E-state index is 13.0. The Labute approximate surface area is 210 Å². The molecule has 4 aromatic rings. The molecular weight excluding hydrogens is 450 g/mol. The van der Waals surface area contributed by atoms with E-state index >= 15 is 0 Å². The quantitative estimate of drug-likeness (QED) is 0.401. The zero-order chi connectivity index (χ0) is 25.0. The number of nitrogens with two attached hydrogens (primary N) is 1. The Balaban J connectivity index is 1.25. The number of hydrogen-bond donors (Lipinski definition) is 2. The van der Waals surface area contributed by atoms with Gasteiger partial charge in [-0.15, -0.1) is 0 Å². The molecule has 1 amide bonds. The molecule has 3 heterocycles. The molecule has 36 heavy (non-hydrogen) atoms. The predicted octanol–water partition coefficient (Wildman–Crippen LogP) is 5.41. The number of hydrogen-bond acceptors (Lipinski definition) is 5. The lowest BCUT2D eigenvalue weighted by Crippen LogP contribution is -2.24. The molecule has 2 aliphatic rings. The molecule has 0 saturated heterocycles. The monoisotopic (exact) mass is 477 g/mol. The van der Waals surface area contributed by atoms with Crippen LogP contribution in [-0.2, 0) is 11.3 Å². The van der Waals surface area contributed by atoms with Crippen LogP contribution >= 0.6 is 0 Å². The van der Waals surface area contributed by atoms with Crippen molar-refractivity contribution in [2.24, 2.45) is 0 Å². The molecule has 3 aromatic carbocycles. The highest BCUT2D eigenvalue weighted by Gasteiger charge is 2.43. The Morgan fingerprint density at radius 2 is 1.69 bits per heavy atom. The first-order chi connectivity index (χ1) is 17.4. The summed E-state index contributed by atoms with van der Waals surface area (Å²) in [5.74, 6) is 1.21. The van der Waals surface area contributed by atoms with Crippen molar-refractivity contribution < 1.29 is 14.3 Å². The second kappa shape index (κ2) is 8.50. The Morgan fingerprint density at radius 3 is 2.44 bits per heavy atom. The average Bonchev–Trinajstić information content (AvgIpc) is 3.44. The minimum absolute atomic E-state index is 0.122. The van der Waals surface area contributed by atoms with Crippen LogP contribution in [0.15, 0.2) is 66.7 Å². The lowest BCUT2D eigenvalue weighted by Gasteiger charge is -2.18. The molecule has 6 rings (SSSR count). The molecule has 180 valence electrons. The third-order valence-corrected chi connectivity index (χ3v) is 7.26. The summed E-state index contributed by atoms with van der Waals surface area (Å²) in [5.41, 5.74) is 16.0. The van der Waals surface area contributed by atoms with Gasteiger partial charge in [-0.05, 0) is 83.1 Å². The van der Waals surface area contributed by atoms with E-state index in [0.717, 1.165) is 50.4 Å². The van der Waals surface area contributed by atoms with Gasteiger partial charge in [-0.25, -0.2) is 4.98 Å². The Morgan fingerprint density at radius 1 is 0.972 bits per heavy atom. The van der Waals surface area contributed by atoms with Crippen molar-refractivity contribution in [3.05, 3.63) is 111 Å². The maximum Gasteiger partial charge on any atom is 0.251 e. The minimum Gasteiger partial charge on any atom is -0.496 e. The number of benzene rings is 3. The number of para-hydroxylation sites is 1. The van der Waals surface area contributed by atoms with Crippen molar-refractivity contribution in [3.63, 3.8) is 0 Å². The van der Waals surface area contributed by atoms with Gasteiger partial charge in [-0.2, -0.15) is 0 Å². The number of nitrogens with one attached hydrogen (secondary N) is 1. The summed E-state index contributed by atoms with van der Waals surface area (Å²) in [7, 11) is 1.69. The molecule has 6 nitrogen and oxygen atoms in total. The first-order valence-electron chi connectivity index (χ1n) is 12.0. The number of aromatic nitrogens is 1. The summed E-state index contributed by atoms with van der Waals surface area (Å²) >= 11 is 0. The lowest BCUT2D eigenvalue weighted by molar-refractivity contribution is 0.0857. The van der Waals surface area contributed by atoms with Crippen LogP contribution in [-0.4, -0.2) is 18.0 Å². The highest BCUT2D eigenvalue weighted by atomic mass is 16.5. The molecule has 2 atom stereocenters. The first kappa shape index (κ1) is 22.3. The van der Waals surface area contributed by atoms with Crippen LogP contribution in [0.4, 0.5) is 5.82 Å². The van der Waals surface area contributed by atoms with Crippen molar-refractivity contribution >= 4 is 11.7 Å². The molecule has 2 unspecified atom stereocenters. The van der Waals surface area contributed by atoms with E-state index in [-0.39, 0.29) is 18.1 Å². The molecule has 6 heteroatoms. The molecule has 3 N–H and O–H groups in total. The van der Waals surface area contributed by atoms with Gasteiger partial charge in [0.15, 0.2) is 0 Å². The van der Waals surface area contributed by atoms with Gasteiger partial charge in [-0.1, -0.05) is 36.4 Å². The molecule has 2 aliphatic heterocycles. The van der Waals surface area contributed by atoms with Crippen molar-refractivity contribution in [2.45, 2.75) is 32.6 Å². The summed E-state index contributed by atoms with van der Waals surface area (Å²) in [6.45, 7) is 4.29. The number of fused-ring (bicyclic) bond motifs is 8. The van der Waals surface area contributed by atoms with Gasteiger partial charge in [0.05, 0.1) is 7.11 Å². The molecular formula is C30H27N3O3. The van der Waals surface area contributed by atoms with Gasteiger partial charge in [0, 0.05) is 23.4 Å². The predicted molar refractivity (Wildman–Crippen MR) is 139 cm³/mol. The van der Waals surface area contributed by atoms with Crippen LogP contribution in [0.3, 0.4) is 0 Å². The summed E-state index contributed by atoms with van der Waals surface area (Å²) in [6.07, 6.45) is -0.289. The van der Waals surface area contributed by atoms with Crippen LogP contribution in [0, 0.1) is 13.8 Å². The van der Waals surface area contributed by atoms with Gasteiger partial charge < -0.3 is 20.5 Å². The van der Waals surface area contributed by atoms with Crippen molar-refractivity contribution in [2.75, 3.05) is 12.8 Å². The lowest BCUT2D eigenvalue weighted by atomic mass is 9.83. The Hall–Kier alpha value is -4.16. The third kappa shape index (κ3) is 3.53. The maximum atomic E-state index is 13.0. The fourth-order valence-electron chi connectivity index (χ4n) is 5.46. The summed E-state index contributed by atoms with van der Waals surface area (Å²) in [5, 5.41) is 3.03. The van der Waals surface area contributed by atoms with Crippen molar-refractivity contribution in [1.82, 2.24) is 10.3 Å². The van der Waals surface area contributed by atoms with E-state index in [2.05, 4.69) is 34.6 Å². The van der Waals surface area contributed by atoms with E-state index < -0.39 is 0 Å². The van der Waals surface area contributed by atoms with E-state index in [1.54, 1.807) is 7.11 Å². The van der Waals surface area contributed by atoms with Gasteiger partial charge in [-0.3, -0.25) is 4.79 Å². The Bertz CT molecular complexity index is 1510. The molecule has 0 saturated carbocycles. The molecule has 1 aromatic heterocycles. The fourth-order valence-corrected chi connectivity index (χ4v) is 5.46. The number of aryl methyl sites for hydroxylation is 2. The van der Waals surface area contributed by atoms with Gasteiger partial charge in [0.2, 0.25) is 0 Å². The molecule has 0 radical (unpaired) electrons. The van der Waals surface area contributed by atoms with Gasteiger partial charge in [0.1, 0.15) is 23.8 Å². The third-order valence-electron chi connectivity index (χ3n) is 7.26. The van der Waals surface area contributed by atoms with E-state index in [4.69, 9.17) is 15.2 Å². The number of ether oxygens (including phenoxy) is 2. The highest BCUT2D eigenvalue weighted by molar-refractivity contribution is 5.94. The second-order valence-corrected chi connectivity index (χ2v) is 9.39. The second-order valence-electron chi connectivity index (χ2n) is 9.39. The van der Waals surface area contributed by atoms with Crippen molar-refractivity contribution in [1.29, 1.82) is 0 Å². The molecule has 0 fully saturated rings. The normalized spacial score (nSPS) is 17.0. The number of carbonyl (C=O) groups is 1. The van der Waals surface area contributed by atoms with E-state index in [9.17, 15) is 4.79 Å². The average molecular weight is 478 g/mol. The summed E-state index contributed by atoms with van der Waals surface area (Å²) in [4.78, 5) is 17.3. The number of anilines is 1. The fraction of sp³-hybridized carbons (Fsp3) is 0.200. The van der Waals surface area contributed by atoms with E-state index in [1.807, 2.05) is 56.3 Å². The van der Waals surface area contributed by atoms with Crippen LogP contribution in [0.1, 0.15) is 61.6 Å². The zero-order valence-corrected chi connectivity index (χ0v) is 20.5. The van der Waals surface area contributed by atoms with E-state index in [1.165, 1.54) is 5.56 Å². The van der Waals surface area contributed by atoms with Gasteiger partial charge >= 0.3 is 0 Å². The molecule has 0 spiro atoms. The first-order valence-corrected chi connectivity index (χ1v) is 12.0. The topological polar surface area (TPSA) is 86.5 Å². The van der Waals surface area contributed by atoms with Crippen LogP contribution in [0.2, 0.25) is 0 Å². The van der Waals surface area contributed by atoms with E-state index in [0.29, 0.717) is 17.9 Å².